The summed E-state index contributed by atoms with van der Waals surface area (Å²) in [6.45, 7) is 0.612. The normalized spacial score (nSPS) is 15.9. The Morgan fingerprint density at radius 2 is 2.14 bits per heavy atom. The molecule has 1 fully saturated rings. The first kappa shape index (κ1) is 13.4. The van der Waals surface area contributed by atoms with E-state index in [9.17, 15) is 9.59 Å². The third-order valence-electron chi connectivity index (χ3n) is 2.92. The zero-order valence-corrected chi connectivity index (χ0v) is 11.7. The van der Waals surface area contributed by atoms with Crippen molar-refractivity contribution in [2.75, 3.05) is 13.3 Å². The summed E-state index contributed by atoms with van der Waals surface area (Å²) in [6.07, 6.45) is 0. The molecule has 0 atom stereocenters. The average Bonchev–Trinajstić information content (AvgIpc) is 3.02. The second-order valence-corrected chi connectivity index (χ2v) is 4.83. The van der Waals surface area contributed by atoms with Crippen molar-refractivity contribution in [2.45, 2.75) is 6.54 Å². The van der Waals surface area contributed by atoms with Crippen LogP contribution in [0.15, 0.2) is 18.2 Å². The van der Waals surface area contributed by atoms with E-state index in [1.807, 2.05) is 18.2 Å². The van der Waals surface area contributed by atoms with Crippen molar-refractivity contribution < 1.29 is 19.1 Å². The van der Waals surface area contributed by atoms with Crippen LogP contribution in [0.5, 0.6) is 11.5 Å². The summed E-state index contributed by atoms with van der Waals surface area (Å²) in [4.78, 5) is 22.4. The van der Waals surface area contributed by atoms with Crippen molar-refractivity contribution in [3.8, 4) is 11.5 Å². The summed E-state index contributed by atoms with van der Waals surface area (Å²) in [5.41, 5.74) is 3.60. The molecule has 0 spiro atoms. The number of imide groups is 1. The van der Waals surface area contributed by atoms with E-state index in [1.54, 1.807) is 0 Å². The molecule has 0 unspecified atom stereocenters. The van der Waals surface area contributed by atoms with Gasteiger partial charge in [-0.25, -0.2) is 9.80 Å². The van der Waals surface area contributed by atoms with Gasteiger partial charge in [0, 0.05) is 6.54 Å². The standard InChI is InChI=1S/C12H12N4O4S/c17-10-5-16(12(18)14-10)15-11(21)13-4-7-1-2-8-9(3-7)20-6-19-8/h1-3H,4-6H2,(H2,13,15,21)(H,14,17,18). The molecule has 9 heteroatoms. The Morgan fingerprint density at radius 3 is 2.90 bits per heavy atom. The molecule has 3 N–H and O–H groups in total. The smallest absolute Gasteiger partial charge is 0.343 e. The highest BCUT2D eigenvalue weighted by Gasteiger charge is 2.27. The third-order valence-corrected chi connectivity index (χ3v) is 3.16. The van der Waals surface area contributed by atoms with Crippen molar-refractivity contribution in [2.24, 2.45) is 0 Å². The number of rotatable bonds is 3. The summed E-state index contributed by atoms with van der Waals surface area (Å²) in [5.74, 6) is 1.04. The molecule has 3 rings (SSSR count). The van der Waals surface area contributed by atoms with Crippen molar-refractivity contribution >= 4 is 29.3 Å². The van der Waals surface area contributed by atoms with Crippen LogP contribution >= 0.6 is 12.2 Å². The largest absolute Gasteiger partial charge is 0.454 e. The van der Waals surface area contributed by atoms with Gasteiger partial charge in [-0.2, -0.15) is 0 Å². The number of fused-ring (bicyclic) bond motifs is 1. The number of thiocarbonyl (C=S) groups is 1. The van der Waals surface area contributed by atoms with Gasteiger partial charge in [-0.3, -0.25) is 15.5 Å². The SMILES string of the molecule is O=C1CN(NC(=S)NCc2ccc3c(c2)OCO3)C(=O)N1. The molecule has 110 valence electrons. The Balaban J connectivity index is 1.52. The molecule has 0 saturated carbocycles. The minimum Gasteiger partial charge on any atom is -0.454 e. The van der Waals surface area contributed by atoms with Crippen molar-refractivity contribution in [1.29, 1.82) is 0 Å². The predicted molar refractivity (Wildman–Crippen MR) is 75.4 cm³/mol. The summed E-state index contributed by atoms with van der Waals surface area (Å²) < 4.78 is 10.5. The van der Waals surface area contributed by atoms with Gasteiger partial charge >= 0.3 is 6.03 Å². The number of carbonyl (C=O) groups is 2. The highest BCUT2D eigenvalue weighted by atomic mass is 32.1. The second kappa shape index (κ2) is 5.44. The van der Waals surface area contributed by atoms with Gasteiger partial charge in [0.25, 0.3) is 0 Å². The quantitative estimate of drug-likeness (QED) is 0.528. The topological polar surface area (TPSA) is 91.9 Å². The molecule has 21 heavy (non-hydrogen) atoms. The van der Waals surface area contributed by atoms with Crippen molar-refractivity contribution in [1.82, 2.24) is 21.1 Å². The van der Waals surface area contributed by atoms with Gasteiger partial charge in [-0.05, 0) is 29.9 Å². The Hall–Kier alpha value is -2.55. The highest BCUT2D eigenvalue weighted by molar-refractivity contribution is 7.80. The molecule has 0 bridgehead atoms. The molecule has 3 amide bonds. The van der Waals surface area contributed by atoms with E-state index in [-0.39, 0.29) is 24.4 Å². The van der Waals surface area contributed by atoms with Gasteiger partial charge in [-0.1, -0.05) is 6.07 Å². The Labute approximate surface area is 125 Å². The summed E-state index contributed by atoms with van der Waals surface area (Å²) in [6, 6.07) is 5.04. The van der Waals surface area contributed by atoms with Crippen LogP contribution in [0, 0.1) is 0 Å². The molecular formula is C12H12N4O4S. The van der Waals surface area contributed by atoms with E-state index < -0.39 is 6.03 Å². The van der Waals surface area contributed by atoms with Gasteiger partial charge in [0.2, 0.25) is 12.7 Å². The molecule has 2 heterocycles. The maximum absolute atomic E-state index is 11.3. The molecule has 0 aliphatic carbocycles. The van der Waals surface area contributed by atoms with Gasteiger partial charge in [0.15, 0.2) is 16.6 Å². The van der Waals surface area contributed by atoms with Crippen LogP contribution in [0.2, 0.25) is 0 Å². The summed E-state index contributed by atoms with van der Waals surface area (Å²) in [5, 5.41) is 6.44. The monoisotopic (exact) mass is 308 g/mol. The van der Waals surface area contributed by atoms with Crippen LogP contribution in [0.1, 0.15) is 5.56 Å². The molecule has 1 aromatic carbocycles. The Morgan fingerprint density at radius 1 is 1.33 bits per heavy atom. The lowest BCUT2D eigenvalue weighted by atomic mass is 10.2. The number of benzene rings is 1. The first-order valence-electron chi connectivity index (χ1n) is 6.16. The van der Waals surface area contributed by atoms with E-state index in [4.69, 9.17) is 21.7 Å². The molecule has 2 aliphatic rings. The van der Waals surface area contributed by atoms with E-state index in [0.29, 0.717) is 18.0 Å². The number of urea groups is 1. The first-order chi connectivity index (χ1) is 10.1. The number of hydrogen-bond donors (Lipinski definition) is 3. The van der Waals surface area contributed by atoms with Gasteiger partial charge in [0.05, 0.1) is 0 Å². The molecule has 0 aromatic heterocycles. The minimum absolute atomic E-state index is 0.0648. The van der Waals surface area contributed by atoms with Crippen LogP contribution in [-0.4, -0.2) is 35.4 Å². The molecule has 0 radical (unpaired) electrons. The van der Waals surface area contributed by atoms with Gasteiger partial charge in [-0.15, -0.1) is 0 Å². The average molecular weight is 308 g/mol. The molecule has 1 aromatic rings. The lowest BCUT2D eigenvalue weighted by molar-refractivity contribution is -0.118. The molecule has 8 nitrogen and oxygen atoms in total. The summed E-state index contributed by atoms with van der Waals surface area (Å²) in [7, 11) is 0. The van der Waals surface area contributed by atoms with Gasteiger partial charge < -0.3 is 14.8 Å². The lowest BCUT2D eigenvalue weighted by Crippen LogP contribution is -2.48. The van der Waals surface area contributed by atoms with Crippen LogP contribution in [0.25, 0.3) is 0 Å². The molecule has 2 aliphatic heterocycles. The van der Waals surface area contributed by atoms with Gasteiger partial charge in [0.1, 0.15) is 6.54 Å². The Kier molecular flexibility index (Phi) is 3.48. The highest BCUT2D eigenvalue weighted by Crippen LogP contribution is 2.32. The number of nitrogens with one attached hydrogen (secondary N) is 3. The fourth-order valence-electron chi connectivity index (χ4n) is 1.93. The number of ether oxygens (including phenoxy) is 2. The maximum Gasteiger partial charge on any atom is 0.343 e. The lowest BCUT2D eigenvalue weighted by Gasteiger charge is -2.17. The third kappa shape index (κ3) is 2.97. The molecular weight excluding hydrogens is 296 g/mol. The van der Waals surface area contributed by atoms with E-state index in [1.165, 1.54) is 0 Å². The first-order valence-corrected chi connectivity index (χ1v) is 6.57. The van der Waals surface area contributed by atoms with Crippen LogP contribution in [-0.2, 0) is 11.3 Å². The van der Waals surface area contributed by atoms with E-state index in [2.05, 4.69) is 16.1 Å². The number of amides is 3. The number of nitrogens with zero attached hydrogens (tertiary/aromatic N) is 1. The van der Waals surface area contributed by atoms with Crippen molar-refractivity contribution in [3.63, 3.8) is 0 Å². The minimum atomic E-state index is -0.521. The van der Waals surface area contributed by atoms with Crippen LogP contribution < -0.4 is 25.5 Å². The van der Waals surface area contributed by atoms with Crippen molar-refractivity contribution in [3.05, 3.63) is 23.8 Å². The molecule has 1 saturated heterocycles. The second-order valence-electron chi connectivity index (χ2n) is 4.42. The number of hydrazine groups is 1. The summed E-state index contributed by atoms with van der Waals surface area (Å²) >= 11 is 5.07. The fourth-order valence-corrected chi connectivity index (χ4v) is 2.11. The fraction of sp³-hybridized carbons (Fsp3) is 0.250. The van der Waals surface area contributed by atoms with Crippen LogP contribution in [0.4, 0.5) is 4.79 Å². The van der Waals surface area contributed by atoms with Crippen LogP contribution in [0.3, 0.4) is 0 Å². The van der Waals surface area contributed by atoms with E-state index in [0.717, 1.165) is 10.6 Å². The zero-order chi connectivity index (χ0) is 14.8. The predicted octanol–water partition coefficient (Wildman–Crippen LogP) is -0.154. The van der Waals surface area contributed by atoms with E-state index >= 15 is 0 Å². The number of carbonyl (C=O) groups excluding carboxylic acids is 2. The maximum atomic E-state index is 11.3. The Bertz CT molecular complexity index is 621. The zero-order valence-electron chi connectivity index (χ0n) is 10.8. The number of hydrogen-bond acceptors (Lipinski definition) is 5.